The van der Waals surface area contributed by atoms with E-state index in [1.165, 1.54) is 24.8 Å². The Kier molecular flexibility index (Phi) is 7.02. The molecule has 1 heterocycles. The van der Waals surface area contributed by atoms with Gasteiger partial charge in [0.2, 0.25) is 0 Å². The molecule has 0 saturated heterocycles. The van der Waals surface area contributed by atoms with Crippen molar-refractivity contribution in [3.63, 3.8) is 0 Å². The summed E-state index contributed by atoms with van der Waals surface area (Å²) in [6, 6.07) is 16.8. The lowest BCUT2D eigenvalue weighted by Gasteiger charge is -2.43. The number of rotatable bonds is 5. The van der Waals surface area contributed by atoms with Crippen molar-refractivity contribution in [1.82, 2.24) is 15.6 Å². The van der Waals surface area contributed by atoms with Gasteiger partial charge < -0.3 is 10.6 Å². The number of nitrogens with one attached hydrogen (secondary N) is 2. The van der Waals surface area contributed by atoms with Crippen LogP contribution in [0.4, 0.5) is 0 Å². The third kappa shape index (κ3) is 4.47. The molecular weight excluding hydrogens is 411 g/mol. The van der Waals surface area contributed by atoms with Crippen LogP contribution in [0.25, 0.3) is 0 Å². The second-order valence-electron chi connectivity index (χ2n) is 6.10. The highest BCUT2D eigenvalue weighted by atomic mass is 127. The van der Waals surface area contributed by atoms with Crippen LogP contribution in [0.1, 0.15) is 30.5 Å². The van der Waals surface area contributed by atoms with Gasteiger partial charge in [0.15, 0.2) is 5.96 Å². The smallest absolute Gasteiger partial charge is 0.191 e. The molecule has 2 N–H and O–H groups in total. The first-order chi connectivity index (χ1) is 11.3. The van der Waals surface area contributed by atoms with E-state index in [1.54, 1.807) is 0 Å². The number of aliphatic imine (C=N–C) groups is 1. The van der Waals surface area contributed by atoms with Crippen molar-refractivity contribution in [1.29, 1.82) is 0 Å². The highest BCUT2D eigenvalue weighted by Crippen LogP contribution is 2.43. The summed E-state index contributed by atoms with van der Waals surface area (Å²) in [5, 5.41) is 6.83. The van der Waals surface area contributed by atoms with E-state index in [9.17, 15) is 0 Å². The van der Waals surface area contributed by atoms with Gasteiger partial charge >= 0.3 is 0 Å². The SMILES string of the molecule is CN=C(NCc1ccccn1)NCC1(c2ccccc2)CCC1.I. The summed E-state index contributed by atoms with van der Waals surface area (Å²) < 4.78 is 0. The van der Waals surface area contributed by atoms with E-state index in [1.807, 2.05) is 31.4 Å². The van der Waals surface area contributed by atoms with Crippen molar-refractivity contribution < 1.29 is 0 Å². The van der Waals surface area contributed by atoms with Crippen LogP contribution in [-0.2, 0) is 12.0 Å². The molecule has 5 heteroatoms. The molecule has 1 aliphatic carbocycles. The Morgan fingerprint density at radius 2 is 1.83 bits per heavy atom. The minimum Gasteiger partial charge on any atom is -0.356 e. The van der Waals surface area contributed by atoms with Gasteiger partial charge in [0, 0.05) is 25.2 Å². The van der Waals surface area contributed by atoms with Crippen molar-refractivity contribution in [3.05, 3.63) is 66.0 Å². The molecule has 1 saturated carbocycles. The van der Waals surface area contributed by atoms with E-state index in [-0.39, 0.29) is 29.4 Å². The normalized spacial score (nSPS) is 15.8. The molecule has 2 aromatic rings. The number of hydrogen-bond donors (Lipinski definition) is 2. The Bertz CT molecular complexity index is 639. The fraction of sp³-hybridized carbons (Fsp3) is 0.368. The molecule has 1 fully saturated rings. The zero-order valence-electron chi connectivity index (χ0n) is 14.0. The molecule has 0 aliphatic heterocycles. The lowest BCUT2D eigenvalue weighted by molar-refractivity contribution is 0.244. The summed E-state index contributed by atoms with van der Waals surface area (Å²) in [5.41, 5.74) is 2.69. The van der Waals surface area contributed by atoms with Gasteiger partial charge in [-0.1, -0.05) is 42.8 Å². The van der Waals surface area contributed by atoms with Crippen molar-refractivity contribution in [2.45, 2.75) is 31.2 Å². The van der Waals surface area contributed by atoms with Crippen LogP contribution in [0.5, 0.6) is 0 Å². The van der Waals surface area contributed by atoms with Gasteiger partial charge in [-0.3, -0.25) is 9.98 Å². The van der Waals surface area contributed by atoms with E-state index < -0.39 is 0 Å². The van der Waals surface area contributed by atoms with Crippen molar-refractivity contribution in [2.24, 2.45) is 4.99 Å². The lowest BCUT2D eigenvalue weighted by Crippen LogP contribution is -2.48. The van der Waals surface area contributed by atoms with Gasteiger partial charge in [0.1, 0.15) is 0 Å². The van der Waals surface area contributed by atoms with Gasteiger partial charge in [0.05, 0.1) is 12.2 Å². The highest BCUT2D eigenvalue weighted by Gasteiger charge is 2.38. The number of pyridine rings is 1. The zero-order chi connectivity index (χ0) is 16.0. The minimum atomic E-state index is 0. The Balaban J connectivity index is 0.00000208. The molecule has 24 heavy (non-hydrogen) atoms. The Hall–Kier alpha value is -1.63. The Labute approximate surface area is 161 Å². The van der Waals surface area contributed by atoms with Gasteiger partial charge in [-0.15, -0.1) is 24.0 Å². The lowest BCUT2D eigenvalue weighted by atomic mass is 9.64. The molecule has 0 radical (unpaired) electrons. The standard InChI is InChI=1S/C19H24N4.HI/c1-20-18(22-14-17-10-5-6-13-21-17)23-15-19(11-7-12-19)16-8-3-2-4-9-16;/h2-6,8-10,13H,7,11-12,14-15H2,1H3,(H2,20,22,23);1H. The molecule has 0 spiro atoms. The van der Waals surface area contributed by atoms with E-state index in [2.05, 4.69) is 50.9 Å². The third-order valence-corrected chi connectivity index (χ3v) is 4.68. The summed E-state index contributed by atoms with van der Waals surface area (Å²) in [4.78, 5) is 8.65. The van der Waals surface area contributed by atoms with Gasteiger partial charge in [0.25, 0.3) is 0 Å². The maximum absolute atomic E-state index is 4.32. The topological polar surface area (TPSA) is 49.3 Å². The van der Waals surface area contributed by atoms with Crippen LogP contribution in [0.3, 0.4) is 0 Å². The number of halogens is 1. The van der Waals surface area contributed by atoms with E-state index >= 15 is 0 Å². The zero-order valence-corrected chi connectivity index (χ0v) is 16.4. The maximum atomic E-state index is 4.32. The first-order valence-electron chi connectivity index (χ1n) is 8.22. The second kappa shape index (κ2) is 9.01. The van der Waals surface area contributed by atoms with Crippen LogP contribution in [0, 0.1) is 0 Å². The third-order valence-electron chi connectivity index (χ3n) is 4.68. The predicted molar refractivity (Wildman–Crippen MR) is 110 cm³/mol. The summed E-state index contributed by atoms with van der Waals surface area (Å²) >= 11 is 0. The molecule has 1 aliphatic rings. The van der Waals surface area contributed by atoms with E-state index in [0.29, 0.717) is 6.54 Å². The first kappa shape index (κ1) is 18.7. The fourth-order valence-electron chi connectivity index (χ4n) is 3.11. The first-order valence-corrected chi connectivity index (χ1v) is 8.22. The summed E-state index contributed by atoms with van der Waals surface area (Å²) in [6.07, 6.45) is 5.59. The van der Waals surface area contributed by atoms with Crippen molar-refractivity contribution in [2.75, 3.05) is 13.6 Å². The average molecular weight is 436 g/mol. The molecule has 0 unspecified atom stereocenters. The number of nitrogens with zero attached hydrogens (tertiary/aromatic N) is 2. The molecule has 1 aromatic carbocycles. The second-order valence-corrected chi connectivity index (χ2v) is 6.10. The molecule has 128 valence electrons. The molecule has 1 aromatic heterocycles. The summed E-state index contributed by atoms with van der Waals surface area (Å²) in [5.74, 6) is 0.831. The summed E-state index contributed by atoms with van der Waals surface area (Å²) in [6.45, 7) is 1.59. The molecule has 0 amide bonds. The van der Waals surface area contributed by atoms with Gasteiger partial charge in [-0.2, -0.15) is 0 Å². The maximum Gasteiger partial charge on any atom is 0.191 e. The largest absolute Gasteiger partial charge is 0.356 e. The monoisotopic (exact) mass is 436 g/mol. The number of guanidine groups is 1. The molecular formula is C19H25IN4. The number of benzene rings is 1. The molecule has 4 nitrogen and oxygen atoms in total. The number of aromatic nitrogens is 1. The van der Waals surface area contributed by atoms with E-state index in [4.69, 9.17) is 0 Å². The fourth-order valence-corrected chi connectivity index (χ4v) is 3.11. The Morgan fingerprint density at radius 3 is 2.42 bits per heavy atom. The van der Waals surface area contributed by atoms with E-state index in [0.717, 1.165) is 18.2 Å². The quantitative estimate of drug-likeness (QED) is 0.429. The van der Waals surface area contributed by atoms with Gasteiger partial charge in [-0.25, -0.2) is 0 Å². The molecule has 0 bridgehead atoms. The number of hydrogen-bond acceptors (Lipinski definition) is 2. The minimum absolute atomic E-state index is 0. The van der Waals surface area contributed by atoms with Crippen molar-refractivity contribution in [3.8, 4) is 0 Å². The average Bonchev–Trinajstić information content (AvgIpc) is 2.58. The Morgan fingerprint density at radius 1 is 1.08 bits per heavy atom. The predicted octanol–water partition coefficient (Wildman–Crippen LogP) is 3.49. The molecule has 3 rings (SSSR count). The van der Waals surface area contributed by atoms with Crippen LogP contribution < -0.4 is 10.6 Å². The highest BCUT2D eigenvalue weighted by molar-refractivity contribution is 14.0. The van der Waals surface area contributed by atoms with Crippen LogP contribution in [-0.4, -0.2) is 24.5 Å². The van der Waals surface area contributed by atoms with Crippen LogP contribution >= 0.6 is 24.0 Å². The van der Waals surface area contributed by atoms with Crippen LogP contribution in [0.15, 0.2) is 59.7 Å². The van der Waals surface area contributed by atoms with Crippen LogP contribution in [0.2, 0.25) is 0 Å². The summed E-state index contributed by atoms with van der Waals surface area (Å²) in [7, 11) is 1.81. The molecule has 0 atom stereocenters. The van der Waals surface area contributed by atoms with Crippen molar-refractivity contribution >= 4 is 29.9 Å². The van der Waals surface area contributed by atoms with Gasteiger partial charge in [-0.05, 0) is 30.5 Å².